The fourth-order valence-corrected chi connectivity index (χ4v) is 5.32. The summed E-state index contributed by atoms with van der Waals surface area (Å²) in [5, 5.41) is 5.76. The van der Waals surface area contributed by atoms with Gasteiger partial charge in [0.2, 0.25) is 0 Å². The van der Waals surface area contributed by atoms with Crippen molar-refractivity contribution in [1.29, 1.82) is 0 Å². The van der Waals surface area contributed by atoms with E-state index in [1.807, 2.05) is 0 Å². The molecule has 0 amide bonds. The molecule has 0 radical (unpaired) electrons. The van der Waals surface area contributed by atoms with Crippen LogP contribution in [-0.2, 0) is 12.8 Å². The average molecular weight is 328 g/mol. The van der Waals surface area contributed by atoms with Crippen molar-refractivity contribution in [2.24, 2.45) is 0 Å². The standard InChI is InChI=1S/C26H16/c1-2-15-8-11-20(21-12-9-16(3-1)24(15)21)23-14-19-7-6-17-4-5-18-10-13-22(23)26(18)25(17)19/h1-5,8-14H,6-7H2. The van der Waals surface area contributed by atoms with Crippen LogP contribution in [0, 0.1) is 0 Å². The highest BCUT2D eigenvalue weighted by Crippen LogP contribution is 2.46. The lowest BCUT2D eigenvalue weighted by molar-refractivity contribution is 1.02. The number of rotatable bonds is 1. The summed E-state index contributed by atoms with van der Waals surface area (Å²) in [7, 11) is 0. The van der Waals surface area contributed by atoms with Gasteiger partial charge in [0.15, 0.2) is 0 Å². The van der Waals surface area contributed by atoms with Gasteiger partial charge in [0.05, 0.1) is 0 Å². The fourth-order valence-electron chi connectivity index (χ4n) is 5.32. The van der Waals surface area contributed by atoms with Gasteiger partial charge in [-0.2, -0.15) is 0 Å². The molecule has 0 aromatic heterocycles. The van der Waals surface area contributed by atoms with Crippen LogP contribution in [-0.4, -0.2) is 0 Å². The molecule has 4 aromatic rings. The van der Waals surface area contributed by atoms with Gasteiger partial charge in [0, 0.05) is 0 Å². The maximum absolute atomic E-state index is 2.47. The van der Waals surface area contributed by atoms with Crippen LogP contribution in [0.2, 0.25) is 0 Å². The predicted molar refractivity (Wildman–Crippen MR) is 112 cm³/mol. The van der Waals surface area contributed by atoms with Crippen LogP contribution in [0.15, 0.2) is 48.5 Å². The van der Waals surface area contributed by atoms with Crippen molar-refractivity contribution in [1.82, 2.24) is 0 Å². The van der Waals surface area contributed by atoms with Crippen molar-refractivity contribution >= 4 is 45.8 Å². The highest BCUT2D eigenvalue weighted by molar-refractivity contribution is 6.15. The number of hydrogen-bond acceptors (Lipinski definition) is 0. The van der Waals surface area contributed by atoms with Crippen LogP contribution in [0.5, 0.6) is 0 Å². The van der Waals surface area contributed by atoms with E-state index >= 15 is 0 Å². The second kappa shape index (κ2) is 4.34. The molecule has 120 valence electrons. The lowest BCUT2D eigenvalue weighted by Gasteiger charge is -2.15. The molecule has 26 heavy (non-hydrogen) atoms. The average Bonchev–Trinajstić information content (AvgIpc) is 3.38. The number of aryl methyl sites for hydroxylation is 2. The lowest BCUT2D eigenvalue weighted by atomic mass is 9.88. The van der Waals surface area contributed by atoms with Crippen molar-refractivity contribution in [2.75, 3.05) is 0 Å². The summed E-state index contributed by atoms with van der Waals surface area (Å²) >= 11 is 0. The van der Waals surface area contributed by atoms with E-state index in [-0.39, 0.29) is 0 Å². The predicted octanol–water partition coefficient (Wildman–Crippen LogP) is 6.73. The van der Waals surface area contributed by atoms with E-state index in [1.165, 1.54) is 78.9 Å². The van der Waals surface area contributed by atoms with Crippen molar-refractivity contribution in [2.45, 2.75) is 12.8 Å². The van der Waals surface area contributed by atoms with Crippen molar-refractivity contribution in [3.63, 3.8) is 0 Å². The summed E-state index contributed by atoms with van der Waals surface area (Å²) < 4.78 is 0. The molecule has 3 aliphatic rings. The normalized spacial score (nSPS) is 15.1. The van der Waals surface area contributed by atoms with E-state index in [4.69, 9.17) is 0 Å². The van der Waals surface area contributed by atoms with Crippen molar-refractivity contribution < 1.29 is 0 Å². The van der Waals surface area contributed by atoms with Gasteiger partial charge in [-0.3, -0.25) is 0 Å². The Morgan fingerprint density at radius 1 is 0.538 bits per heavy atom. The molecule has 0 spiro atoms. The zero-order valence-corrected chi connectivity index (χ0v) is 14.3. The molecule has 3 aliphatic carbocycles. The van der Waals surface area contributed by atoms with E-state index in [9.17, 15) is 0 Å². The van der Waals surface area contributed by atoms with E-state index in [2.05, 4.69) is 72.8 Å². The maximum Gasteiger partial charge on any atom is -0.00271 e. The highest BCUT2D eigenvalue weighted by atomic mass is 14.3. The molecular formula is C26H16. The Morgan fingerprint density at radius 2 is 1.35 bits per heavy atom. The quantitative estimate of drug-likeness (QED) is 0.314. The molecule has 0 unspecified atom stereocenters. The zero-order valence-electron chi connectivity index (χ0n) is 14.3. The molecule has 0 saturated carbocycles. The Morgan fingerprint density at radius 3 is 2.27 bits per heavy atom. The van der Waals surface area contributed by atoms with Gasteiger partial charge in [0.25, 0.3) is 0 Å². The van der Waals surface area contributed by atoms with Gasteiger partial charge in [-0.05, 0) is 85.0 Å². The zero-order chi connectivity index (χ0) is 16.8. The van der Waals surface area contributed by atoms with Gasteiger partial charge < -0.3 is 0 Å². The molecule has 0 heteroatoms. The first-order chi connectivity index (χ1) is 12.9. The van der Waals surface area contributed by atoms with E-state index in [0.29, 0.717) is 0 Å². The monoisotopic (exact) mass is 328 g/mol. The summed E-state index contributed by atoms with van der Waals surface area (Å²) in [4.78, 5) is 0. The molecule has 0 saturated heterocycles. The van der Waals surface area contributed by atoms with E-state index in [0.717, 1.165) is 0 Å². The SMILES string of the molecule is C1=Cc2c(-c3cc4c5c(ccc6c5c3C=C6)CC4)ccc3cccc1c23. The second-order valence-electron chi connectivity index (χ2n) is 7.70. The molecule has 0 aliphatic heterocycles. The highest BCUT2D eigenvalue weighted by Gasteiger charge is 2.24. The third-order valence-corrected chi connectivity index (χ3v) is 6.45. The van der Waals surface area contributed by atoms with Crippen molar-refractivity contribution in [3.05, 3.63) is 81.9 Å². The maximum atomic E-state index is 2.47. The minimum Gasteiger partial charge on any atom is -0.0610 e. The summed E-state index contributed by atoms with van der Waals surface area (Å²) in [6.45, 7) is 0. The van der Waals surface area contributed by atoms with Crippen molar-refractivity contribution in [3.8, 4) is 11.1 Å². The smallest absolute Gasteiger partial charge is 0.00271 e. The topological polar surface area (TPSA) is 0 Å². The van der Waals surface area contributed by atoms with Gasteiger partial charge in [0.1, 0.15) is 0 Å². The molecule has 0 atom stereocenters. The Labute approximate surface area is 152 Å². The second-order valence-corrected chi connectivity index (χ2v) is 7.70. The first-order valence-electron chi connectivity index (χ1n) is 9.42. The van der Waals surface area contributed by atoms with Gasteiger partial charge in [-0.25, -0.2) is 0 Å². The Bertz CT molecular complexity index is 1360. The Kier molecular flexibility index (Phi) is 2.19. The van der Waals surface area contributed by atoms with Crippen LogP contribution >= 0.6 is 0 Å². The van der Waals surface area contributed by atoms with Crippen LogP contribution in [0.1, 0.15) is 33.4 Å². The molecule has 0 nitrogen and oxygen atoms in total. The van der Waals surface area contributed by atoms with Gasteiger partial charge >= 0.3 is 0 Å². The summed E-state index contributed by atoms with van der Waals surface area (Å²) in [5.74, 6) is 0. The molecule has 0 N–H and O–H groups in total. The number of hydrogen-bond donors (Lipinski definition) is 0. The minimum atomic E-state index is 1.17. The molecule has 0 bridgehead atoms. The Hall–Kier alpha value is -3.12. The van der Waals surface area contributed by atoms with Crippen LogP contribution in [0.4, 0.5) is 0 Å². The first-order valence-corrected chi connectivity index (χ1v) is 9.42. The molecule has 4 aromatic carbocycles. The van der Waals surface area contributed by atoms with Gasteiger partial charge in [-0.1, -0.05) is 66.8 Å². The largest absolute Gasteiger partial charge is 0.0610 e. The summed E-state index contributed by atoms with van der Waals surface area (Å²) in [6.07, 6.45) is 11.5. The van der Waals surface area contributed by atoms with Crippen LogP contribution < -0.4 is 0 Å². The number of benzene rings is 4. The summed E-state index contributed by atoms with van der Waals surface area (Å²) in [6, 6.07) is 18.3. The van der Waals surface area contributed by atoms with E-state index in [1.54, 1.807) is 0 Å². The van der Waals surface area contributed by atoms with E-state index < -0.39 is 0 Å². The van der Waals surface area contributed by atoms with Gasteiger partial charge in [-0.15, -0.1) is 0 Å². The minimum absolute atomic E-state index is 1.17. The van der Waals surface area contributed by atoms with Crippen LogP contribution in [0.25, 0.3) is 57.0 Å². The molecule has 0 heterocycles. The lowest BCUT2D eigenvalue weighted by Crippen LogP contribution is -1.92. The third kappa shape index (κ3) is 1.43. The first kappa shape index (κ1) is 13.1. The fraction of sp³-hybridized carbons (Fsp3) is 0.0769. The van der Waals surface area contributed by atoms with Crippen LogP contribution in [0.3, 0.4) is 0 Å². The third-order valence-electron chi connectivity index (χ3n) is 6.45. The Balaban J connectivity index is 1.64. The molecular weight excluding hydrogens is 312 g/mol. The molecule has 7 rings (SSSR count). The summed E-state index contributed by atoms with van der Waals surface area (Å²) in [5.41, 5.74) is 11.4. The molecule has 0 fully saturated rings.